The summed E-state index contributed by atoms with van der Waals surface area (Å²) in [6.45, 7) is 1.02. The predicted molar refractivity (Wildman–Crippen MR) is 64.0 cm³/mol. The van der Waals surface area contributed by atoms with E-state index in [-0.39, 0.29) is 0 Å². The van der Waals surface area contributed by atoms with Crippen molar-refractivity contribution in [1.82, 2.24) is 15.5 Å². The maximum Gasteiger partial charge on any atom is 0.151 e. The van der Waals surface area contributed by atoms with E-state index in [1.807, 2.05) is 0 Å². The zero-order valence-corrected chi connectivity index (χ0v) is 10.4. The number of hydrogen-bond acceptors (Lipinski definition) is 4. The van der Waals surface area contributed by atoms with Crippen molar-refractivity contribution in [2.45, 2.75) is 30.3 Å². The minimum Gasteiger partial charge on any atom is -0.313 e. The molecular weight excluding hydrogens is 246 g/mol. The number of nitrogens with zero attached hydrogens (tertiary/aromatic N) is 2. The first-order valence-corrected chi connectivity index (χ1v) is 7.06. The molecule has 0 aliphatic carbocycles. The average Bonchev–Trinajstić information content (AvgIpc) is 2.31. The summed E-state index contributed by atoms with van der Waals surface area (Å²) < 4.78 is 11.9. The van der Waals surface area contributed by atoms with Gasteiger partial charge in [0.25, 0.3) is 0 Å². The molecule has 2 rings (SSSR count). The van der Waals surface area contributed by atoms with Crippen LogP contribution in [0.25, 0.3) is 0 Å². The van der Waals surface area contributed by atoms with Crippen molar-refractivity contribution < 1.29 is 4.21 Å². The van der Waals surface area contributed by atoms with Crippen molar-refractivity contribution in [3.63, 3.8) is 0 Å². The fourth-order valence-corrected chi connectivity index (χ4v) is 3.03. The average molecular weight is 260 g/mol. The van der Waals surface area contributed by atoms with Crippen LogP contribution in [0, 0.1) is 0 Å². The second kappa shape index (κ2) is 5.70. The first-order valence-electron chi connectivity index (χ1n) is 5.37. The highest BCUT2D eigenvalue weighted by Gasteiger charge is 2.17. The first kappa shape index (κ1) is 12.0. The summed E-state index contributed by atoms with van der Waals surface area (Å²) in [6, 6.07) is 3.64. The fraction of sp³-hybridized carbons (Fsp3) is 0.600. The lowest BCUT2D eigenvalue weighted by molar-refractivity contribution is 0.427. The fourth-order valence-electron chi connectivity index (χ4n) is 1.76. The molecule has 1 aromatic heterocycles. The van der Waals surface area contributed by atoms with Crippen LogP contribution in [0.1, 0.15) is 19.3 Å². The van der Waals surface area contributed by atoms with E-state index in [0.29, 0.717) is 22.0 Å². The minimum atomic E-state index is -1.08. The van der Waals surface area contributed by atoms with Crippen molar-refractivity contribution >= 4 is 22.4 Å². The minimum absolute atomic E-state index is 0.330. The third-order valence-corrected chi connectivity index (χ3v) is 4.20. The van der Waals surface area contributed by atoms with E-state index in [9.17, 15) is 4.21 Å². The van der Waals surface area contributed by atoms with Crippen LogP contribution >= 0.6 is 11.6 Å². The highest BCUT2D eigenvalue weighted by Crippen LogP contribution is 2.12. The van der Waals surface area contributed by atoms with Gasteiger partial charge in [-0.2, -0.15) is 0 Å². The Balaban J connectivity index is 1.94. The Kier molecular flexibility index (Phi) is 4.26. The Labute approximate surface area is 102 Å². The molecule has 4 nitrogen and oxygen atoms in total. The number of piperidine rings is 1. The largest absolute Gasteiger partial charge is 0.313 e. The highest BCUT2D eigenvalue weighted by atomic mass is 35.5. The number of halogens is 1. The number of aromatic nitrogens is 2. The van der Waals surface area contributed by atoms with Gasteiger partial charge in [0.05, 0.1) is 10.8 Å². The zero-order chi connectivity index (χ0) is 11.4. The van der Waals surface area contributed by atoms with Gasteiger partial charge in [0, 0.05) is 11.8 Å². The van der Waals surface area contributed by atoms with E-state index in [2.05, 4.69) is 15.5 Å². The lowest BCUT2D eigenvalue weighted by Crippen LogP contribution is -2.38. The van der Waals surface area contributed by atoms with Gasteiger partial charge in [-0.15, -0.1) is 10.2 Å². The Morgan fingerprint density at radius 2 is 2.31 bits per heavy atom. The highest BCUT2D eigenvalue weighted by molar-refractivity contribution is 7.85. The Bertz CT molecular complexity index is 365. The van der Waals surface area contributed by atoms with Gasteiger partial charge in [-0.3, -0.25) is 4.21 Å². The SMILES string of the molecule is O=S(CC1CCCCN1)c1ccc(Cl)nn1. The second-order valence-corrected chi connectivity index (χ2v) is 5.68. The van der Waals surface area contributed by atoms with E-state index in [0.717, 1.165) is 13.0 Å². The molecule has 0 aromatic carbocycles. The number of hydrogen-bond donors (Lipinski definition) is 1. The van der Waals surface area contributed by atoms with E-state index in [1.54, 1.807) is 12.1 Å². The normalized spacial score (nSPS) is 22.9. The van der Waals surface area contributed by atoms with Crippen molar-refractivity contribution in [2.24, 2.45) is 0 Å². The Morgan fingerprint density at radius 3 is 2.94 bits per heavy atom. The number of rotatable bonds is 3. The van der Waals surface area contributed by atoms with Crippen LogP contribution in [0.4, 0.5) is 0 Å². The van der Waals surface area contributed by atoms with Crippen LogP contribution in [-0.4, -0.2) is 32.7 Å². The molecule has 16 heavy (non-hydrogen) atoms. The van der Waals surface area contributed by atoms with Crippen LogP contribution in [0.15, 0.2) is 17.2 Å². The third kappa shape index (κ3) is 3.23. The molecule has 88 valence electrons. The Morgan fingerprint density at radius 1 is 1.44 bits per heavy atom. The van der Waals surface area contributed by atoms with Gasteiger partial charge in [-0.05, 0) is 31.5 Å². The molecule has 0 spiro atoms. The number of nitrogens with one attached hydrogen (secondary N) is 1. The van der Waals surface area contributed by atoms with Gasteiger partial charge in [-0.1, -0.05) is 18.0 Å². The quantitative estimate of drug-likeness (QED) is 0.891. The topological polar surface area (TPSA) is 54.9 Å². The summed E-state index contributed by atoms with van der Waals surface area (Å²) in [6.07, 6.45) is 3.51. The van der Waals surface area contributed by atoms with Crippen LogP contribution in [0.3, 0.4) is 0 Å². The molecule has 1 fully saturated rings. The summed E-state index contributed by atoms with van der Waals surface area (Å²) >= 11 is 5.62. The predicted octanol–water partition coefficient (Wildman–Crippen LogP) is 1.38. The maximum atomic E-state index is 11.9. The first-order chi connectivity index (χ1) is 7.75. The molecule has 1 aromatic rings. The van der Waals surface area contributed by atoms with Gasteiger partial charge in [0.2, 0.25) is 0 Å². The van der Waals surface area contributed by atoms with Gasteiger partial charge in [0.1, 0.15) is 5.03 Å². The molecule has 0 bridgehead atoms. The molecule has 1 aliphatic heterocycles. The molecule has 2 unspecified atom stereocenters. The van der Waals surface area contributed by atoms with E-state index < -0.39 is 10.8 Å². The summed E-state index contributed by atoms with van der Waals surface area (Å²) in [7, 11) is -1.08. The zero-order valence-electron chi connectivity index (χ0n) is 8.86. The molecule has 2 heterocycles. The van der Waals surface area contributed by atoms with Crippen LogP contribution < -0.4 is 5.32 Å². The molecule has 0 amide bonds. The van der Waals surface area contributed by atoms with Gasteiger partial charge < -0.3 is 5.32 Å². The molecule has 0 radical (unpaired) electrons. The summed E-state index contributed by atoms with van der Waals surface area (Å²) in [5.41, 5.74) is 0. The van der Waals surface area contributed by atoms with E-state index in [1.165, 1.54) is 12.8 Å². The van der Waals surface area contributed by atoms with Gasteiger partial charge in [-0.25, -0.2) is 0 Å². The van der Waals surface area contributed by atoms with Crippen molar-refractivity contribution in [3.8, 4) is 0 Å². The molecule has 2 atom stereocenters. The third-order valence-electron chi connectivity index (χ3n) is 2.61. The molecule has 0 saturated carbocycles. The van der Waals surface area contributed by atoms with Crippen LogP contribution in [-0.2, 0) is 10.8 Å². The lowest BCUT2D eigenvalue weighted by atomic mass is 10.1. The standard InChI is InChI=1S/C10H14ClN3OS/c11-9-4-5-10(14-13-9)16(15)7-8-3-1-2-6-12-8/h4-5,8,12H,1-3,6-7H2. The van der Waals surface area contributed by atoms with E-state index in [4.69, 9.17) is 11.6 Å². The van der Waals surface area contributed by atoms with Crippen LogP contribution in [0.2, 0.25) is 5.15 Å². The smallest absolute Gasteiger partial charge is 0.151 e. The summed E-state index contributed by atoms with van der Waals surface area (Å²) in [4.78, 5) is 0. The van der Waals surface area contributed by atoms with Crippen molar-refractivity contribution in [2.75, 3.05) is 12.3 Å². The monoisotopic (exact) mass is 259 g/mol. The summed E-state index contributed by atoms with van der Waals surface area (Å²) in [5, 5.41) is 11.7. The lowest BCUT2D eigenvalue weighted by Gasteiger charge is -2.22. The van der Waals surface area contributed by atoms with Gasteiger partial charge in [0.15, 0.2) is 5.15 Å². The molecule has 1 N–H and O–H groups in total. The Hall–Kier alpha value is -0.520. The second-order valence-electron chi connectivity index (χ2n) is 3.85. The van der Waals surface area contributed by atoms with Crippen molar-refractivity contribution in [3.05, 3.63) is 17.3 Å². The maximum absolute atomic E-state index is 11.9. The summed E-state index contributed by atoms with van der Waals surface area (Å²) in [5.74, 6) is 0.607. The molecule has 1 aliphatic rings. The molecule has 6 heteroatoms. The molecular formula is C10H14ClN3OS. The van der Waals surface area contributed by atoms with E-state index >= 15 is 0 Å². The van der Waals surface area contributed by atoms with Crippen molar-refractivity contribution in [1.29, 1.82) is 0 Å². The molecule has 1 saturated heterocycles. The van der Waals surface area contributed by atoms with Gasteiger partial charge >= 0.3 is 0 Å². The van der Waals surface area contributed by atoms with Crippen LogP contribution in [0.5, 0.6) is 0 Å².